The van der Waals surface area contributed by atoms with Crippen molar-refractivity contribution >= 4 is 16.6 Å². The van der Waals surface area contributed by atoms with Crippen LogP contribution in [0.1, 0.15) is 50.6 Å². The first-order chi connectivity index (χ1) is 16.5. The van der Waals surface area contributed by atoms with E-state index in [0.29, 0.717) is 12.6 Å². The highest BCUT2D eigenvalue weighted by atomic mass is 16.5. The monoisotopic (exact) mass is 455 g/mol. The van der Waals surface area contributed by atoms with Crippen molar-refractivity contribution < 1.29 is 4.74 Å². The van der Waals surface area contributed by atoms with Gasteiger partial charge >= 0.3 is 0 Å². The summed E-state index contributed by atoms with van der Waals surface area (Å²) in [6.07, 6.45) is 3.93. The van der Waals surface area contributed by atoms with E-state index < -0.39 is 5.41 Å². The van der Waals surface area contributed by atoms with Crippen molar-refractivity contribution in [1.82, 2.24) is 14.9 Å². The Labute approximate surface area is 202 Å². The van der Waals surface area contributed by atoms with E-state index in [1.165, 1.54) is 16.5 Å². The van der Waals surface area contributed by atoms with Crippen LogP contribution in [-0.2, 0) is 23.2 Å². The zero-order valence-electron chi connectivity index (χ0n) is 20.3. The fourth-order valence-corrected chi connectivity index (χ4v) is 4.24. The highest BCUT2D eigenvalue weighted by Crippen LogP contribution is 2.22. The molecule has 0 unspecified atom stereocenters. The molecular weight excluding hydrogens is 422 g/mol. The smallest absolute Gasteiger partial charge is 0.0937 e. The van der Waals surface area contributed by atoms with Crippen molar-refractivity contribution in [2.75, 3.05) is 25.1 Å². The summed E-state index contributed by atoms with van der Waals surface area (Å²) < 4.78 is 7.71. The molecule has 1 aliphatic heterocycles. The van der Waals surface area contributed by atoms with E-state index in [0.717, 1.165) is 56.2 Å². The number of aryl methyl sites for hydroxylation is 1. The zero-order valence-corrected chi connectivity index (χ0v) is 20.3. The molecule has 0 amide bonds. The quantitative estimate of drug-likeness (QED) is 0.510. The van der Waals surface area contributed by atoms with Gasteiger partial charge in [0.2, 0.25) is 0 Å². The molecule has 176 valence electrons. The highest BCUT2D eigenvalue weighted by molar-refractivity contribution is 5.83. The van der Waals surface area contributed by atoms with Crippen molar-refractivity contribution in [2.24, 2.45) is 0 Å². The third-order valence-corrected chi connectivity index (χ3v) is 6.38. The van der Waals surface area contributed by atoms with Gasteiger partial charge < -0.3 is 19.9 Å². The Morgan fingerprint density at radius 2 is 2.00 bits per heavy atom. The average molecular weight is 456 g/mol. The van der Waals surface area contributed by atoms with Crippen LogP contribution in [0.25, 0.3) is 10.9 Å². The third kappa shape index (κ3) is 5.59. The number of hydrogen-bond donors (Lipinski definition) is 2. The molecule has 1 saturated heterocycles. The topological polar surface area (TPSA) is 74.9 Å². The van der Waals surface area contributed by atoms with E-state index in [9.17, 15) is 5.26 Å². The number of rotatable bonds is 7. The number of ether oxygens (including phenoxy) is 1. The van der Waals surface area contributed by atoms with E-state index in [-0.39, 0.29) is 0 Å². The van der Waals surface area contributed by atoms with E-state index in [1.807, 2.05) is 26.0 Å². The molecule has 1 fully saturated rings. The Kier molecular flexibility index (Phi) is 7.53. The molecule has 3 heterocycles. The molecule has 34 heavy (non-hydrogen) atoms. The average Bonchev–Trinajstić information content (AvgIpc) is 3.22. The molecule has 0 radical (unpaired) electrons. The lowest BCUT2D eigenvalue weighted by molar-refractivity contribution is 0.0776. The summed E-state index contributed by atoms with van der Waals surface area (Å²) in [5.41, 5.74) is 4.61. The summed E-state index contributed by atoms with van der Waals surface area (Å²) in [5, 5.41) is 17.4. The van der Waals surface area contributed by atoms with Crippen LogP contribution in [0.2, 0.25) is 0 Å². The van der Waals surface area contributed by atoms with Crippen LogP contribution in [0.15, 0.2) is 42.6 Å². The molecule has 0 atom stereocenters. The predicted molar refractivity (Wildman–Crippen MR) is 137 cm³/mol. The summed E-state index contributed by atoms with van der Waals surface area (Å²) in [6, 6.07) is 15.5. The molecule has 1 aromatic carbocycles. The summed E-state index contributed by atoms with van der Waals surface area (Å²) in [7, 11) is 0. The molecule has 2 aromatic heterocycles. The third-order valence-electron chi connectivity index (χ3n) is 6.38. The summed E-state index contributed by atoms with van der Waals surface area (Å²) >= 11 is 0. The van der Waals surface area contributed by atoms with Crippen molar-refractivity contribution in [3.8, 4) is 17.9 Å². The number of aromatic nitrogens is 2. The summed E-state index contributed by atoms with van der Waals surface area (Å²) in [5.74, 6) is 6.57. The number of nitrogens with zero attached hydrogens (tertiary/aromatic N) is 3. The van der Waals surface area contributed by atoms with Crippen LogP contribution in [0, 0.1) is 23.2 Å². The molecule has 6 heteroatoms. The lowest BCUT2D eigenvalue weighted by atomic mass is 9.91. The van der Waals surface area contributed by atoms with Gasteiger partial charge in [-0.05, 0) is 75.4 Å². The van der Waals surface area contributed by atoms with Gasteiger partial charge in [-0.1, -0.05) is 12.0 Å². The minimum Gasteiger partial charge on any atom is -0.381 e. The van der Waals surface area contributed by atoms with Crippen molar-refractivity contribution in [3.05, 3.63) is 59.5 Å². The Morgan fingerprint density at radius 1 is 1.18 bits per heavy atom. The van der Waals surface area contributed by atoms with Crippen LogP contribution < -0.4 is 10.6 Å². The number of anilines is 1. The SMILES string of the molecule is CCn1c(C#CCNc2ccc(C(C)(C)C#N)nc2)cc2cc(CNC3CCOCC3)ccc21. The Morgan fingerprint density at radius 3 is 2.71 bits per heavy atom. The Balaban J connectivity index is 1.40. The van der Waals surface area contributed by atoms with Gasteiger partial charge in [-0.25, -0.2) is 0 Å². The molecule has 3 aromatic rings. The molecule has 2 N–H and O–H groups in total. The van der Waals surface area contributed by atoms with Crippen molar-refractivity contribution in [2.45, 2.75) is 58.2 Å². The highest BCUT2D eigenvalue weighted by Gasteiger charge is 2.20. The summed E-state index contributed by atoms with van der Waals surface area (Å²) in [6.45, 7) is 9.87. The first kappa shape index (κ1) is 23.8. The first-order valence-electron chi connectivity index (χ1n) is 12.0. The van der Waals surface area contributed by atoms with Crippen LogP contribution >= 0.6 is 0 Å². The zero-order chi connectivity index (χ0) is 24.0. The maximum absolute atomic E-state index is 9.26. The van der Waals surface area contributed by atoms with Crippen LogP contribution in [0.3, 0.4) is 0 Å². The van der Waals surface area contributed by atoms with Gasteiger partial charge in [0.25, 0.3) is 0 Å². The second-order valence-corrected chi connectivity index (χ2v) is 9.26. The minimum atomic E-state index is -0.591. The molecule has 4 rings (SSSR count). The number of benzene rings is 1. The van der Waals surface area contributed by atoms with Gasteiger partial charge in [-0.15, -0.1) is 0 Å². The fraction of sp³-hybridized carbons (Fsp3) is 0.429. The molecule has 0 bridgehead atoms. The minimum absolute atomic E-state index is 0.522. The predicted octanol–water partition coefficient (Wildman–Crippen LogP) is 4.59. The maximum atomic E-state index is 9.26. The number of nitriles is 1. The van der Waals surface area contributed by atoms with Gasteiger partial charge in [0.1, 0.15) is 0 Å². The summed E-state index contributed by atoms with van der Waals surface area (Å²) in [4.78, 5) is 4.42. The maximum Gasteiger partial charge on any atom is 0.0937 e. The van der Waals surface area contributed by atoms with E-state index in [4.69, 9.17) is 4.74 Å². The lowest BCUT2D eigenvalue weighted by Crippen LogP contribution is -2.34. The van der Waals surface area contributed by atoms with Gasteiger partial charge in [0.05, 0.1) is 41.3 Å². The van der Waals surface area contributed by atoms with Crippen LogP contribution in [0.5, 0.6) is 0 Å². The van der Waals surface area contributed by atoms with Crippen molar-refractivity contribution in [1.29, 1.82) is 5.26 Å². The second kappa shape index (κ2) is 10.7. The second-order valence-electron chi connectivity index (χ2n) is 9.26. The molecule has 0 saturated carbocycles. The number of hydrogen-bond acceptors (Lipinski definition) is 5. The Hall–Kier alpha value is -3.32. The normalized spacial score (nSPS) is 14.4. The van der Waals surface area contributed by atoms with E-state index in [2.05, 4.69) is 69.3 Å². The standard InChI is InChI=1S/C28H33N5O/c1-4-33-25(6-5-13-30-24-8-10-27(32-19-24)28(2,3)20-29)17-22-16-21(7-9-26(22)33)18-31-23-11-14-34-15-12-23/h7-10,16-17,19,23,30-31H,4,11-15,18H2,1-3H3. The number of pyridine rings is 1. The molecule has 1 aliphatic rings. The molecule has 6 nitrogen and oxygen atoms in total. The fourth-order valence-electron chi connectivity index (χ4n) is 4.24. The van der Waals surface area contributed by atoms with Gasteiger partial charge in [0, 0.05) is 43.2 Å². The molecule has 0 aliphatic carbocycles. The van der Waals surface area contributed by atoms with Crippen molar-refractivity contribution in [3.63, 3.8) is 0 Å². The van der Waals surface area contributed by atoms with Gasteiger partial charge in [-0.2, -0.15) is 5.26 Å². The number of fused-ring (bicyclic) bond motifs is 1. The van der Waals surface area contributed by atoms with Gasteiger partial charge in [-0.3, -0.25) is 4.98 Å². The largest absolute Gasteiger partial charge is 0.381 e. The van der Waals surface area contributed by atoms with Gasteiger partial charge in [0.15, 0.2) is 0 Å². The van der Waals surface area contributed by atoms with E-state index in [1.54, 1.807) is 6.20 Å². The van der Waals surface area contributed by atoms with Crippen LogP contribution in [0.4, 0.5) is 5.69 Å². The van der Waals surface area contributed by atoms with E-state index >= 15 is 0 Å². The molecule has 0 spiro atoms. The first-order valence-corrected chi connectivity index (χ1v) is 12.0. The van der Waals surface area contributed by atoms with Crippen LogP contribution in [-0.4, -0.2) is 35.4 Å². The lowest BCUT2D eigenvalue weighted by Gasteiger charge is -2.23. The molecular formula is C28H33N5O. The Bertz CT molecular complexity index is 1220. The number of nitrogens with one attached hydrogen (secondary N) is 2.